The standard InChI is InChI=1S/C5H6N2O3/c8-4-1-3(5(9)10)6-2-7-4/h2-3H,1H2,(H,9,10)(H,6,7,8)/t3-/m1/s1. The number of rotatable bonds is 1. The number of amides is 1. The largest absolute Gasteiger partial charge is 0.480 e. The lowest BCUT2D eigenvalue weighted by molar-refractivity contribution is -0.140. The molecule has 0 aromatic rings. The van der Waals surface area contributed by atoms with Gasteiger partial charge in [0.1, 0.15) is 0 Å². The minimum absolute atomic E-state index is 0.0637. The second kappa shape index (κ2) is 2.47. The van der Waals surface area contributed by atoms with Gasteiger partial charge in [0.05, 0.1) is 12.8 Å². The number of aliphatic carboxylic acids is 1. The SMILES string of the molecule is O=C1C[C@H](C(=O)O)N=CN1. The molecule has 5 nitrogen and oxygen atoms in total. The lowest BCUT2D eigenvalue weighted by Gasteiger charge is -2.10. The highest BCUT2D eigenvalue weighted by atomic mass is 16.4. The Labute approximate surface area is 56.8 Å². The first-order valence-electron chi connectivity index (χ1n) is 2.74. The summed E-state index contributed by atoms with van der Waals surface area (Å²) < 4.78 is 0. The summed E-state index contributed by atoms with van der Waals surface area (Å²) in [4.78, 5) is 24.2. The van der Waals surface area contributed by atoms with Crippen LogP contribution < -0.4 is 5.32 Å². The first-order valence-corrected chi connectivity index (χ1v) is 2.74. The number of nitrogens with one attached hydrogen (secondary N) is 1. The molecule has 1 amide bonds. The third-order valence-electron chi connectivity index (χ3n) is 1.14. The van der Waals surface area contributed by atoms with Gasteiger partial charge in [-0.15, -0.1) is 0 Å². The van der Waals surface area contributed by atoms with E-state index in [4.69, 9.17) is 5.11 Å². The molecule has 1 atom stereocenters. The molecular weight excluding hydrogens is 136 g/mol. The van der Waals surface area contributed by atoms with E-state index in [9.17, 15) is 9.59 Å². The summed E-state index contributed by atoms with van der Waals surface area (Å²) in [7, 11) is 0. The van der Waals surface area contributed by atoms with Crippen LogP contribution in [0.2, 0.25) is 0 Å². The predicted molar refractivity (Wildman–Crippen MR) is 32.7 cm³/mol. The van der Waals surface area contributed by atoms with E-state index in [1.165, 1.54) is 0 Å². The highest BCUT2D eigenvalue weighted by Gasteiger charge is 2.21. The number of carbonyl (C=O) groups is 2. The van der Waals surface area contributed by atoms with E-state index in [1.807, 2.05) is 0 Å². The smallest absolute Gasteiger partial charge is 0.329 e. The Bertz CT molecular complexity index is 199. The normalized spacial score (nSPS) is 24.0. The second-order valence-electron chi connectivity index (χ2n) is 1.90. The minimum atomic E-state index is -1.06. The Morgan fingerprint density at radius 3 is 3.00 bits per heavy atom. The van der Waals surface area contributed by atoms with Crippen molar-refractivity contribution in [1.82, 2.24) is 5.32 Å². The van der Waals surface area contributed by atoms with Crippen molar-refractivity contribution in [2.45, 2.75) is 12.5 Å². The van der Waals surface area contributed by atoms with Crippen LogP contribution in [0.15, 0.2) is 4.99 Å². The van der Waals surface area contributed by atoms with Gasteiger partial charge in [-0.3, -0.25) is 9.79 Å². The number of carboxylic acids is 1. The maximum Gasteiger partial charge on any atom is 0.329 e. The Kier molecular flexibility index (Phi) is 1.66. The van der Waals surface area contributed by atoms with Crippen LogP contribution in [0.4, 0.5) is 0 Å². The molecule has 10 heavy (non-hydrogen) atoms. The van der Waals surface area contributed by atoms with Gasteiger partial charge < -0.3 is 10.4 Å². The Morgan fingerprint density at radius 1 is 1.90 bits per heavy atom. The summed E-state index contributed by atoms with van der Waals surface area (Å²) in [5, 5.41) is 10.6. The monoisotopic (exact) mass is 142 g/mol. The van der Waals surface area contributed by atoms with Crippen LogP contribution in [-0.2, 0) is 9.59 Å². The molecule has 5 heteroatoms. The molecule has 1 heterocycles. The van der Waals surface area contributed by atoms with Gasteiger partial charge >= 0.3 is 5.97 Å². The van der Waals surface area contributed by atoms with Crippen LogP contribution in [0.5, 0.6) is 0 Å². The van der Waals surface area contributed by atoms with E-state index in [0.29, 0.717) is 0 Å². The van der Waals surface area contributed by atoms with E-state index in [2.05, 4.69) is 10.3 Å². The van der Waals surface area contributed by atoms with Crippen molar-refractivity contribution in [2.24, 2.45) is 4.99 Å². The molecule has 0 unspecified atom stereocenters. The van der Waals surface area contributed by atoms with Gasteiger partial charge in [-0.2, -0.15) is 0 Å². The molecule has 1 aliphatic heterocycles. The fraction of sp³-hybridized carbons (Fsp3) is 0.400. The second-order valence-corrected chi connectivity index (χ2v) is 1.90. The van der Waals surface area contributed by atoms with Crippen molar-refractivity contribution in [1.29, 1.82) is 0 Å². The fourth-order valence-electron chi connectivity index (χ4n) is 0.638. The van der Waals surface area contributed by atoms with E-state index in [0.717, 1.165) is 6.34 Å². The van der Waals surface area contributed by atoms with Gasteiger partial charge in [-0.05, 0) is 0 Å². The summed E-state index contributed by atoms with van der Waals surface area (Å²) in [5.74, 6) is -1.37. The van der Waals surface area contributed by atoms with Crippen molar-refractivity contribution in [3.63, 3.8) is 0 Å². The van der Waals surface area contributed by atoms with Gasteiger partial charge in [-0.1, -0.05) is 0 Å². The minimum Gasteiger partial charge on any atom is -0.480 e. The summed E-state index contributed by atoms with van der Waals surface area (Å²) in [6.07, 6.45) is 1.05. The molecule has 0 fully saturated rings. The molecule has 0 aromatic carbocycles. The van der Waals surface area contributed by atoms with Crippen molar-refractivity contribution in [3.05, 3.63) is 0 Å². The molecule has 0 aliphatic carbocycles. The van der Waals surface area contributed by atoms with E-state index in [1.54, 1.807) is 0 Å². The molecule has 1 aliphatic rings. The number of carboxylic acid groups (broad SMARTS) is 1. The Morgan fingerprint density at radius 2 is 2.60 bits per heavy atom. The molecule has 0 bridgehead atoms. The molecule has 0 spiro atoms. The molecule has 0 radical (unpaired) electrons. The average Bonchev–Trinajstić information content (AvgIpc) is 1.88. The van der Waals surface area contributed by atoms with Gasteiger partial charge in [0.15, 0.2) is 6.04 Å². The number of hydrogen-bond acceptors (Lipinski definition) is 3. The quantitative estimate of drug-likeness (QED) is 0.492. The summed E-state index contributed by atoms with van der Waals surface area (Å²) in [6.45, 7) is 0. The molecule has 2 N–H and O–H groups in total. The number of nitrogens with zero attached hydrogens (tertiary/aromatic N) is 1. The molecule has 0 aromatic heterocycles. The van der Waals surface area contributed by atoms with Gasteiger partial charge in [-0.25, -0.2) is 4.79 Å². The van der Waals surface area contributed by atoms with Crippen LogP contribution in [-0.4, -0.2) is 29.4 Å². The van der Waals surface area contributed by atoms with Crippen LogP contribution in [0.3, 0.4) is 0 Å². The number of carbonyl (C=O) groups excluding carboxylic acids is 1. The first kappa shape index (κ1) is 6.73. The molecular formula is C5H6N2O3. The van der Waals surface area contributed by atoms with Crippen molar-refractivity contribution < 1.29 is 14.7 Å². The third kappa shape index (κ3) is 1.31. The maximum atomic E-state index is 10.5. The van der Waals surface area contributed by atoms with Crippen molar-refractivity contribution in [3.8, 4) is 0 Å². The molecule has 0 saturated heterocycles. The lowest BCUT2D eigenvalue weighted by atomic mass is 10.2. The van der Waals surface area contributed by atoms with Gasteiger partial charge in [0, 0.05) is 0 Å². The number of hydrogen-bond donors (Lipinski definition) is 2. The predicted octanol–water partition coefficient (Wildman–Crippen LogP) is -1.01. The maximum absolute atomic E-state index is 10.5. The number of aliphatic imine (C=N–C) groups is 1. The van der Waals surface area contributed by atoms with Crippen LogP contribution in [0.25, 0.3) is 0 Å². The molecule has 54 valence electrons. The van der Waals surface area contributed by atoms with Crippen LogP contribution in [0.1, 0.15) is 6.42 Å². The zero-order chi connectivity index (χ0) is 7.56. The lowest BCUT2D eigenvalue weighted by Crippen LogP contribution is -2.35. The zero-order valence-electron chi connectivity index (χ0n) is 5.07. The Hall–Kier alpha value is -1.39. The van der Waals surface area contributed by atoms with E-state index < -0.39 is 12.0 Å². The fourth-order valence-corrected chi connectivity index (χ4v) is 0.638. The van der Waals surface area contributed by atoms with Crippen LogP contribution in [0, 0.1) is 0 Å². The molecule has 1 rings (SSSR count). The summed E-state index contributed by atoms with van der Waals surface area (Å²) in [6, 6.07) is -0.895. The van der Waals surface area contributed by atoms with Crippen molar-refractivity contribution in [2.75, 3.05) is 0 Å². The zero-order valence-corrected chi connectivity index (χ0v) is 5.07. The topological polar surface area (TPSA) is 78.8 Å². The first-order chi connectivity index (χ1) is 4.70. The Balaban J connectivity index is 2.64. The van der Waals surface area contributed by atoms with Crippen molar-refractivity contribution >= 4 is 18.2 Å². The van der Waals surface area contributed by atoms with E-state index in [-0.39, 0.29) is 12.3 Å². The highest BCUT2D eigenvalue weighted by Crippen LogP contribution is 2.00. The average molecular weight is 142 g/mol. The summed E-state index contributed by atoms with van der Waals surface area (Å²) >= 11 is 0. The van der Waals surface area contributed by atoms with E-state index >= 15 is 0 Å². The van der Waals surface area contributed by atoms with Gasteiger partial charge in [0.2, 0.25) is 5.91 Å². The third-order valence-corrected chi connectivity index (χ3v) is 1.14. The van der Waals surface area contributed by atoms with Crippen LogP contribution >= 0.6 is 0 Å². The van der Waals surface area contributed by atoms with Gasteiger partial charge in [0.25, 0.3) is 0 Å². The molecule has 0 saturated carbocycles. The summed E-state index contributed by atoms with van der Waals surface area (Å²) in [5.41, 5.74) is 0. The highest BCUT2D eigenvalue weighted by molar-refractivity contribution is 5.94.